The summed E-state index contributed by atoms with van der Waals surface area (Å²) in [6, 6.07) is 1.84. The summed E-state index contributed by atoms with van der Waals surface area (Å²) in [5.41, 5.74) is 1.59. The monoisotopic (exact) mass is 194 g/mol. The molecule has 1 aromatic rings. The van der Waals surface area contributed by atoms with E-state index in [-0.39, 0.29) is 5.97 Å². The van der Waals surface area contributed by atoms with Gasteiger partial charge in [-0.2, -0.15) is 5.10 Å². The molecule has 0 fully saturated rings. The van der Waals surface area contributed by atoms with Crippen LogP contribution in [-0.4, -0.2) is 22.9 Å². The van der Waals surface area contributed by atoms with Crippen molar-refractivity contribution in [3.05, 3.63) is 17.5 Å². The number of ether oxygens (including phenoxy) is 1. The van der Waals surface area contributed by atoms with Crippen LogP contribution in [0.1, 0.15) is 35.4 Å². The van der Waals surface area contributed by atoms with Gasteiger partial charge in [0, 0.05) is 12.2 Å². The van der Waals surface area contributed by atoms with Gasteiger partial charge in [0.1, 0.15) is 0 Å². The predicted octanol–water partition coefficient (Wildman–Crippen LogP) is 1.40. The van der Waals surface area contributed by atoms with Crippen molar-refractivity contribution < 1.29 is 9.53 Å². The van der Waals surface area contributed by atoms with Crippen LogP contribution >= 0.6 is 0 Å². The Kier molecular flexibility index (Phi) is 2.52. The standard InChI is InChI=1S/C10H14N2O2/c1-14-10(13)9-7-8-5-3-2-4-6-12(8)11-9/h7H,2-6H2,1H3. The maximum atomic E-state index is 11.2. The fraction of sp³-hybridized carbons (Fsp3) is 0.600. The van der Waals surface area contributed by atoms with Crippen molar-refractivity contribution in [1.82, 2.24) is 9.78 Å². The number of carbonyl (C=O) groups excluding carboxylic acids is 1. The van der Waals surface area contributed by atoms with Gasteiger partial charge in [0.25, 0.3) is 0 Å². The smallest absolute Gasteiger partial charge is 0.358 e. The Morgan fingerprint density at radius 2 is 2.36 bits per heavy atom. The second-order valence-corrected chi connectivity index (χ2v) is 3.55. The maximum absolute atomic E-state index is 11.2. The molecule has 0 atom stereocenters. The number of hydrogen-bond acceptors (Lipinski definition) is 3. The van der Waals surface area contributed by atoms with Crippen molar-refractivity contribution in [3.63, 3.8) is 0 Å². The molecule has 2 heterocycles. The molecule has 0 aliphatic carbocycles. The van der Waals surface area contributed by atoms with E-state index < -0.39 is 0 Å². The van der Waals surface area contributed by atoms with Crippen LogP contribution in [0.5, 0.6) is 0 Å². The van der Waals surface area contributed by atoms with Crippen LogP contribution in [0.15, 0.2) is 6.07 Å². The lowest BCUT2D eigenvalue weighted by molar-refractivity contribution is 0.0593. The zero-order valence-corrected chi connectivity index (χ0v) is 8.32. The second-order valence-electron chi connectivity index (χ2n) is 3.55. The Labute approximate surface area is 82.9 Å². The van der Waals surface area contributed by atoms with E-state index in [1.54, 1.807) is 0 Å². The summed E-state index contributed by atoms with van der Waals surface area (Å²) in [7, 11) is 1.38. The third kappa shape index (κ3) is 1.64. The number of aromatic nitrogens is 2. The molecule has 1 aliphatic heterocycles. The molecule has 4 heteroatoms. The molecule has 0 aromatic carbocycles. The zero-order chi connectivity index (χ0) is 9.97. The molecular formula is C10H14N2O2. The van der Waals surface area contributed by atoms with Gasteiger partial charge in [-0.25, -0.2) is 4.79 Å². The molecule has 4 nitrogen and oxygen atoms in total. The summed E-state index contributed by atoms with van der Waals surface area (Å²) in [5.74, 6) is -0.342. The summed E-state index contributed by atoms with van der Waals surface area (Å²) < 4.78 is 6.56. The lowest BCUT2D eigenvalue weighted by Gasteiger charge is -1.99. The first-order valence-electron chi connectivity index (χ1n) is 4.96. The first kappa shape index (κ1) is 9.24. The second kappa shape index (κ2) is 3.82. The van der Waals surface area contributed by atoms with Crippen molar-refractivity contribution >= 4 is 5.97 Å². The highest BCUT2D eigenvalue weighted by atomic mass is 16.5. The number of fused-ring (bicyclic) bond motifs is 1. The van der Waals surface area contributed by atoms with Crippen molar-refractivity contribution in [2.24, 2.45) is 0 Å². The topological polar surface area (TPSA) is 44.1 Å². The van der Waals surface area contributed by atoms with Gasteiger partial charge >= 0.3 is 5.97 Å². The molecule has 0 spiro atoms. The van der Waals surface area contributed by atoms with Gasteiger partial charge in [0.15, 0.2) is 5.69 Å². The molecule has 0 saturated heterocycles. The molecule has 0 amide bonds. The summed E-state index contributed by atoms with van der Waals surface area (Å²) in [6.45, 7) is 0.923. The van der Waals surface area contributed by atoms with Crippen LogP contribution in [0, 0.1) is 0 Å². The quantitative estimate of drug-likeness (QED) is 0.635. The number of nitrogens with zero attached hydrogens (tertiary/aromatic N) is 2. The number of rotatable bonds is 1. The number of carbonyl (C=O) groups is 1. The van der Waals surface area contributed by atoms with E-state index in [1.165, 1.54) is 20.0 Å². The molecule has 0 radical (unpaired) electrons. The van der Waals surface area contributed by atoms with Crippen LogP contribution < -0.4 is 0 Å². The van der Waals surface area contributed by atoms with Gasteiger partial charge in [0.2, 0.25) is 0 Å². The molecular weight excluding hydrogens is 180 g/mol. The molecule has 0 unspecified atom stereocenters. The van der Waals surface area contributed by atoms with E-state index in [0.29, 0.717) is 5.69 Å². The summed E-state index contributed by atoms with van der Waals surface area (Å²) in [4.78, 5) is 11.2. The first-order valence-corrected chi connectivity index (χ1v) is 4.96. The minimum atomic E-state index is -0.342. The van der Waals surface area contributed by atoms with E-state index in [0.717, 1.165) is 25.1 Å². The average molecular weight is 194 g/mol. The Morgan fingerprint density at radius 3 is 3.14 bits per heavy atom. The van der Waals surface area contributed by atoms with Crippen LogP contribution in [0.25, 0.3) is 0 Å². The van der Waals surface area contributed by atoms with Crippen molar-refractivity contribution in [2.45, 2.75) is 32.2 Å². The van der Waals surface area contributed by atoms with E-state index in [4.69, 9.17) is 0 Å². The minimum Gasteiger partial charge on any atom is -0.464 e. The maximum Gasteiger partial charge on any atom is 0.358 e. The fourth-order valence-electron chi connectivity index (χ4n) is 1.80. The van der Waals surface area contributed by atoms with Gasteiger partial charge in [-0.15, -0.1) is 0 Å². The van der Waals surface area contributed by atoms with Gasteiger partial charge in [0.05, 0.1) is 7.11 Å². The van der Waals surface area contributed by atoms with Gasteiger partial charge in [-0.3, -0.25) is 4.68 Å². The van der Waals surface area contributed by atoms with Crippen molar-refractivity contribution in [2.75, 3.05) is 7.11 Å². The lowest BCUT2D eigenvalue weighted by Crippen LogP contribution is -2.05. The molecule has 1 aliphatic rings. The Balaban J connectivity index is 2.26. The van der Waals surface area contributed by atoms with Crippen LogP contribution in [0.2, 0.25) is 0 Å². The van der Waals surface area contributed by atoms with E-state index in [1.807, 2.05) is 10.7 Å². The fourth-order valence-corrected chi connectivity index (χ4v) is 1.80. The van der Waals surface area contributed by atoms with Crippen LogP contribution in [-0.2, 0) is 17.7 Å². The van der Waals surface area contributed by atoms with Gasteiger partial charge in [-0.05, 0) is 25.3 Å². The number of aryl methyl sites for hydroxylation is 2. The average Bonchev–Trinajstić information content (AvgIpc) is 2.49. The molecule has 0 saturated carbocycles. The number of methoxy groups -OCH3 is 1. The normalized spacial score (nSPS) is 15.8. The molecule has 1 aromatic heterocycles. The van der Waals surface area contributed by atoms with Crippen molar-refractivity contribution in [3.8, 4) is 0 Å². The van der Waals surface area contributed by atoms with Crippen LogP contribution in [0.4, 0.5) is 0 Å². The highest BCUT2D eigenvalue weighted by Crippen LogP contribution is 2.15. The molecule has 0 N–H and O–H groups in total. The highest BCUT2D eigenvalue weighted by Gasteiger charge is 2.15. The van der Waals surface area contributed by atoms with Gasteiger partial charge in [-0.1, -0.05) is 6.42 Å². The highest BCUT2D eigenvalue weighted by molar-refractivity contribution is 5.87. The molecule has 0 bridgehead atoms. The number of esters is 1. The van der Waals surface area contributed by atoms with E-state index >= 15 is 0 Å². The predicted molar refractivity (Wildman–Crippen MR) is 51.1 cm³/mol. The third-order valence-electron chi connectivity index (χ3n) is 2.56. The Hall–Kier alpha value is -1.32. The third-order valence-corrected chi connectivity index (χ3v) is 2.56. The van der Waals surface area contributed by atoms with E-state index in [2.05, 4.69) is 9.84 Å². The minimum absolute atomic E-state index is 0.342. The summed E-state index contributed by atoms with van der Waals surface area (Å²) >= 11 is 0. The largest absolute Gasteiger partial charge is 0.464 e. The lowest BCUT2D eigenvalue weighted by atomic mass is 10.2. The first-order chi connectivity index (χ1) is 6.81. The number of hydrogen-bond donors (Lipinski definition) is 0. The molecule has 2 rings (SSSR count). The van der Waals surface area contributed by atoms with Gasteiger partial charge < -0.3 is 4.74 Å². The molecule has 14 heavy (non-hydrogen) atoms. The van der Waals surface area contributed by atoms with Crippen LogP contribution in [0.3, 0.4) is 0 Å². The SMILES string of the molecule is COC(=O)c1cc2n(n1)CCCCC2. The zero-order valence-electron chi connectivity index (χ0n) is 8.32. The molecule has 76 valence electrons. The Bertz CT molecular complexity index is 320. The van der Waals surface area contributed by atoms with E-state index in [9.17, 15) is 4.79 Å². The summed E-state index contributed by atoms with van der Waals surface area (Å²) in [6.07, 6.45) is 4.60. The Morgan fingerprint density at radius 1 is 1.50 bits per heavy atom. The van der Waals surface area contributed by atoms with Crippen molar-refractivity contribution in [1.29, 1.82) is 0 Å². The summed E-state index contributed by atoms with van der Waals surface area (Å²) in [5, 5.41) is 4.22.